The van der Waals surface area contributed by atoms with E-state index in [-0.39, 0.29) is 54.6 Å². The van der Waals surface area contributed by atoms with Crippen molar-refractivity contribution in [3.8, 4) is 11.3 Å². The summed E-state index contributed by atoms with van der Waals surface area (Å²) in [6.07, 6.45) is -3.06. The number of amides is 2. The Bertz CT molecular complexity index is 1130. The Morgan fingerprint density at radius 3 is 2.33 bits per heavy atom. The van der Waals surface area contributed by atoms with Crippen LogP contribution in [0.5, 0.6) is 0 Å². The number of oxazole rings is 1. The molecule has 0 aliphatic rings. The molecule has 3 rings (SSSR count). The standard InChI is InChI=1S/C22H18F5N3O3/c23-15-5-6-16(17(24)11-15)18-12-30-20(33-18)8-7-19(31)28-9-10-29-21(32)13-1-3-14(4-2-13)22(25,26)27/h1-6,11-12H,7-10H2,(H,28,31)(H,29,32). The van der Waals surface area contributed by atoms with Gasteiger partial charge in [-0.15, -0.1) is 0 Å². The van der Waals surface area contributed by atoms with Crippen LogP contribution in [0.2, 0.25) is 0 Å². The van der Waals surface area contributed by atoms with E-state index in [2.05, 4.69) is 15.6 Å². The Hall–Kier alpha value is -3.76. The van der Waals surface area contributed by atoms with Gasteiger partial charge in [-0.05, 0) is 36.4 Å². The Morgan fingerprint density at radius 1 is 0.970 bits per heavy atom. The number of nitrogens with zero attached hydrogens (tertiary/aromatic N) is 1. The van der Waals surface area contributed by atoms with E-state index in [1.165, 1.54) is 12.3 Å². The number of carbonyl (C=O) groups excluding carboxylic acids is 2. The fourth-order valence-electron chi connectivity index (χ4n) is 2.84. The maximum atomic E-state index is 13.8. The number of alkyl halides is 3. The maximum absolute atomic E-state index is 13.8. The molecule has 0 saturated carbocycles. The molecule has 0 aliphatic heterocycles. The van der Waals surface area contributed by atoms with E-state index in [0.717, 1.165) is 36.4 Å². The molecule has 2 amide bonds. The van der Waals surface area contributed by atoms with Crippen molar-refractivity contribution in [1.82, 2.24) is 15.6 Å². The molecule has 6 nitrogen and oxygen atoms in total. The van der Waals surface area contributed by atoms with Crippen LogP contribution in [0.25, 0.3) is 11.3 Å². The van der Waals surface area contributed by atoms with Crippen LogP contribution >= 0.6 is 0 Å². The van der Waals surface area contributed by atoms with Crippen molar-refractivity contribution in [2.45, 2.75) is 19.0 Å². The molecule has 0 aliphatic carbocycles. The van der Waals surface area contributed by atoms with Gasteiger partial charge in [-0.1, -0.05) is 0 Å². The topological polar surface area (TPSA) is 84.2 Å². The van der Waals surface area contributed by atoms with Gasteiger partial charge in [-0.25, -0.2) is 13.8 Å². The predicted molar refractivity (Wildman–Crippen MR) is 107 cm³/mol. The summed E-state index contributed by atoms with van der Waals surface area (Å²) >= 11 is 0. The minimum absolute atomic E-state index is 0.0126. The Balaban J connectivity index is 1.39. The van der Waals surface area contributed by atoms with E-state index < -0.39 is 29.3 Å². The van der Waals surface area contributed by atoms with Crippen molar-refractivity contribution < 1.29 is 36.0 Å². The third-order valence-corrected chi connectivity index (χ3v) is 4.52. The lowest BCUT2D eigenvalue weighted by Crippen LogP contribution is -2.34. The number of benzene rings is 2. The van der Waals surface area contributed by atoms with Gasteiger partial charge in [-0.2, -0.15) is 13.2 Å². The monoisotopic (exact) mass is 467 g/mol. The van der Waals surface area contributed by atoms with Crippen LogP contribution in [0.4, 0.5) is 22.0 Å². The van der Waals surface area contributed by atoms with Gasteiger partial charge in [0.25, 0.3) is 5.91 Å². The second-order valence-electron chi connectivity index (χ2n) is 6.92. The van der Waals surface area contributed by atoms with Crippen LogP contribution in [0.15, 0.2) is 53.1 Å². The third kappa shape index (κ3) is 6.61. The predicted octanol–water partition coefficient (Wildman–Crippen LogP) is 4.12. The summed E-state index contributed by atoms with van der Waals surface area (Å²) in [7, 11) is 0. The first-order valence-electron chi connectivity index (χ1n) is 9.76. The average Bonchev–Trinajstić information content (AvgIpc) is 3.23. The molecule has 3 aromatic rings. The van der Waals surface area contributed by atoms with Crippen LogP contribution in [0, 0.1) is 11.6 Å². The van der Waals surface area contributed by atoms with E-state index >= 15 is 0 Å². The molecule has 33 heavy (non-hydrogen) atoms. The van der Waals surface area contributed by atoms with Crippen molar-refractivity contribution in [2.75, 3.05) is 13.1 Å². The molecular formula is C22H18F5N3O3. The highest BCUT2D eigenvalue weighted by Crippen LogP contribution is 2.29. The minimum Gasteiger partial charge on any atom is -0.441 e. The second kappa shape index (κ2) is 10.2. The highest BCUT2D eigenvalue weighted by Gasteiger charge is 2.30. The number of hydrogen-bond donors (Lipinski definition) is 2. The fourth-order valence-corrected chi connectivity index (χ4v) is 2.84. The normalized spacial score (nSPS) is 11.3. The number of carbonyl (C=O) groups is 2. The summed E-state index contributed by atoms with van der Waals surface area (Å²) in [5, 5.41) is 5.06. The Kier molecular flexibility index (Phi) is 7.41. The maximum Gasteiger partial charge on any atom is 0.416 e. The van der Waals surface area contributed by atoms with Crippen LogP contribution < -0.4 is 10.6 Å². The summed E-state index contributed by atoms with van der Waals surface area (Å²) in [5.41, 5.74) is -0.748. The zero-order chi connectivity index (χ0) is 24.0. The third-order valence-electron chi connectivity index (χ3n) is 4.52. The molecule has 0 radical (unpaired) electrons. The zero-order valence-corrected chi connectivity index (χ0v) is 17.0. The van der Waals surface area contributed by atoms with E-state index in [1.54, 1.807) is 0 Å². The molecule has 11 heteroatoms. The first-order chi connectivity index (χ1) is 15.6. The van der Waals surface area contributed by atoms with Crippen LogP contribution in [-0.4, -0.2) is 29.9 Å². The lowest BCUT2D eigenvalue weighted by atomic mass is 10.1. The summed E-state index contributed by atoms with van der Waals surface area (Å²) in [5.74, 6) is -2.14. The number of halogens is 5. The molecule has 0 fully saturated rings. The van der Waals surface area contributed by atoms with Gasteiger partial charge in [0.05, 0.1) is 17.3 Å². The van der Waals surface area contributed by atoms with Gasteiger partial charge in [0.2, 0.25) is 5.91 Å². The van der Waals surface area contributed by atoms with E-state index in [9.17, 15) is 31.5 Å². The van der Waals surface area contributed by atoms with Gasteiger partial charge < -0.3 is 15.1 Å². The van der Waals surface area contributed by atoms with Crippen LogP contribution in [0.3, 0.4) is 0 Å². The zero-order valence-electron chi connectivity index (χ0n) is 17.0. The summed E-state index contributed by atoms with van der Waals surface area (Å²) in [6.45, 7) is 0.168. The first kappa shape index (κ1) is 23.9. The summed E-state index contributed by atoms with van der Waals surface area (Å²) in [4.78, 5) is 27.8. The number of aryl methyl sites for hydroxylation is 1. The van der Waals surface area contributed by atoms with Crippen molar-refractivity contribution in [3.63, 3.8) is 0 Å². The highest BCUT2D eigenvalue weighted by molar-refractivity contribution is 5.94. The van der Waals surface area contributed by atoms with Crippen molar-refractivity contribution in [1.29, 1.82) is 0 Å². The van der Waals surface area contributed by atoms with Gasteiger partial charge in [0.1, 0.15) is 11.6 Å². The molecule has 174 valence electrons. The SMILES string of the molecule is O=C(CCc1ncc(-c2ccc(F)cc2F)o1)NCCNC(=O)c1ccc(C(F)(F)F)cc1. The summed E-state index contributed by atoms with van der Waals surface area (Å²) < 4.78 is 69.8. The number of hydrogen-bond acceptors (Lipinski definition) is 4. The molecule has 2 N–H and O–H groups in total. The molecule has 0 saturated heterocycles. The van der Waals surface area contributed by atoms with Gasteiger partial charge in [0.15, 0.2) is 11.7 Å². The molecule has 0 bridgehead atoms. The van der Waals surface area contributed by atoms with Crippen molar-refractivity contribution in [2.24, 2.45) is 0 Å². The van der Waals surface area contributed by atoms with Gasteiger partial charge >= 0.3 is 6.18 Å². The van der Waals surface area contributed by atoms with E-state index in [1.807, 2.05) is 0 Å². The highest BCUT2D eigenvalue weighted by atomic mass is 19.4. The smallest absolute Gasteiger partial charge is 0.416 e. The Morgan fingerprint density at radius 2 is 1.67 bits per heavy atom. The molecule has 0 unspecified atom stereocenters. The molecule has 1 heterocycles. The molecule has 2 aromatic carbocycles. The minimum atomic E-state index is -4.48. The van der Waals surface area contributed by atoms with E-state index in [4.69, 9.17) is 4.42 Å². The van der Waals surface area contributed by atoms with Crippen LogP contribution in [-0.2, 0) is 17.4 Å². The van der Waals surface area contributed by atoms with Crippen molar-refractivity contribution >= 4 is 11.8 Å². The number of aromatic nitrogens is 1. The number of rotatable bonds is 8. The van der Waals surface area contributed by atoms with Crippen molar-refractivity contribution in [3.05, 3.63) is 77.3 Å². The number of nitrogens with one attached hydrogen (secondary N) is 2. The molecule has 0 atom stereocenters. The summed E-state index contributed by atoms with van der Waals surface area (Å²) in [6, 6.07) is 6.80. The molecular weight excluding hydrogens is 449 g/mol. The lowest BCUT2D eigenvalue weighted by Gasteiger charge is -2.09. The molecule has 1 aromatic heterocycles. The fraction of sp³-hybridized carbons (Fsp3) is 0.227. The van der Waals surface area contributed by atoms with Gasteiger partial charge in [0, 0.05) is 37.6 Å². The average molecular weight is 467 g/mol. The second-order valence-corrected chi connectivity index (χ2v) is 6.92. The first-order valence-corrected chi connectivity index (χ1v) is 9.76. The van der Waals surface area contributed by atoms with Crippen LogP contribution in [0.1, 0.15) is 28.2 Å². The van der Waals surface area contributed by atoms with Gasteiger partial charge in [-0.3, -0.25) is 9.59 Å². The Labute approximate surface area is 184 Å². The quantitative estimate of drug-likeness (QED) is 0.386. The lowest BCUT2D eigenvalue weighted by molar-refractivity contribution is -0.137. The molecule has 0 spiro atoms. The van der Waals surface area contributed by atoms with E-state index in [0.29, 0.717) is 0 Å². The largest absolute Gasteiger partial charge is 0.441 e.